The van der Waals surface area contributed by atoms with E-state index in [9.17, 15) is 4.79 Å². The summed E-state index contributed by atoms with van der Waals surface area (Å²) >= 11 is 0. The lowest BCUT2D eigenvalue weighted by Gasteiger charge is -2.03. The van der Waals surface area contributed by atoms with Crippen LogP contribution in [0.25, 0.3) is 0 Å². The van der Waals surface area contributed by atoms with Crippen molar-refractivity contribution in [2.24, 2.45) is 0 Å². The maximum absolute atomic E-state index is 10.7. The minimum atomic E-state index is -0.402. The van der Waals surface area contributed by atoms with Gasteiger partial charge >= 0.3 is 6.09 Å². The van der Waals surface area contributed by atoms with Crippen LogP contribution in [-0.2, 0) is 11.3 Å². The molecule has 0 unspecified atom stereocenters. The predicted molar refractivity (Wildman–Crippen MR) is 50.4 cm³/mol. The van der Waals surface area contributed by atoms with Crippen molar-refractivity contribution < 1.29 is 9.53 Å². The first-order valence-corrected chi connectivity index (χ1v) is 4.12. The summed E-state index contributed by atoms with van der Waals surface area (Å²) in [4.78, 5) is 10.7. The number of carbonyl (C=O) groups is 1. The van der Waals surface area contributed by atoms with Gasteiger partial charge in [0, 0.05) is 7.05 Å². The summed E-state index contributed by atoms with van der Waals surface area (Å²) in [5.41, 5.74) is 2.19. The van der Waals surface area contributed by atoms with Crippen molar-refractivity contribution in [1.29, 1.82) is 0 Å². The predicted octanol–water partition coefficient (Wildman–Crippen LogP) is 1.85. The van der Waals surface area contributed by atoms with Gasteiger partial charge in [-0.15, -0.1) is 0 Å². The van der Waals surface area contributed by atoms with Gasteiger partial charge in [0.05, 0.1) is 0 Å². The Morgan fingerprint density at radius 2 is 2.00 bits per heavy atom. The van der Waals surface area contributed by atoms with Crippen molar-refractivity contribution in [3.05, 3.63) is 35.4 Å². The standard InChI is InChI=1S/C10H13NO2/c1-8-3-5-9(6-4-8)7-13-10(12)11-2/h3-6H,7H2,1-2H3,(H,11,12). The van der Waals surface area contributed by atoms with Gasteiger partial charge in [-0.05, 0) is 12.5 Å². The van der Waals surface area contributed by atoms with Crippen LogP contribution in [0.2, 0.25) is 0 Å². The number of amides is 1. The van der Waals surface area contributed by atoms with E-state index in [0.29, 0.717) is 6.61 Å². The first-order chi connectivity index (χ1) is 6.22. The molecule has 0 fully saturated rings. The van der Waals surface area contributed by atoms with Crippen LogP contribution in [0.3, 0.4) is 0 Å². The molecule has 3 nitrogen and oxygen atoms in total. The largest absolute Gasteiger partial charge is 0.445 e. The van der Waals surface area contributed by atoms with E-state index < -0.39 is 6.09 Å². The summed E-state index contributed by atoms with van der Waals surface area (Å²) in [6.45, 7) is 2.34. The van der Waals surface area contributed by atoms with Crippen LogP contribution in [0.5, 0.6) is 0 Å². The van der Waals surface area contributed by atoms with Crippen molar-refractivity contribution in [2.45, 2.75) is 13.5 Å². The number of nitrogens with one attached hydrogen (secondary N) is 1. The lowest BCUT2D eigenvalue weighted by atomic mass is 10.2. The van der Waals surface area contributed by atoms with Crippen LogP contribution in [0.4, 0.5) is 4.79 Å². The molecule has 3 heteroatoms. The van der Waals surface area contributed by atoms with Gasteiger partial charge < -0.3 is 10.1 Å². The highest BCUT2D eigenvalue weighted by Crippen LogP contribution is 2.04. The summed E-state index contributed by atoms with van der Waals surface area (Å²) in [7, 11) is 1.54. The molecule has 0 aromatic heterocycles. The summed E-state index contributed by atoms with van der Waals surface area (Å²) in [5.74, 6) is 0. The minimum absolute atomic E-state index is 0.319. The molecule has 1 aromatic rings. The van der Waals surface area contributed by atoms with Gasteiger partial charge in [-0.2, -0.15) is 0 Å². The summed E-state index contributed by atoms with van der Waals surface area (Å²) in [6, 6.07) is 7.86. The highest BCUT2D eigenvalue weighted by molar-refractivity contribution is 5.66. The molecule has 0 saturated carbocycles. The fourth-order valence-electron chi connectivity index (χ4n) is 0.905. The second-order valence-electron chi connectivity index (χ2n) is 2.81. The number of hydrogen-bond donors (Lipinski definition) is 1. The monoisotopic (exact) mass is 179 g/mol. The van der Waals surface area contributed by atoms with Crippen LogP contribution in [-0.4, -0.2) is 13.1 Å². The third-order valence-corrected chi connectivity index (χ3v) is 1.69. The topological polar surface area (TPSA) is 38.3 Å². The summed E-state index contributed by atoms with van der Waals surface area (Å²) < 4.78 is 4.87. The molecule has 0 atom stereocenters. The molecule has 1 rings (SSSR count). The van der Waals surface area contributed by atoms with Gasteiger partial charge in [-0.25, -0.2) is 4.79 Å². The number of hydrogen-bond acceptors (Lipinski definition) is 2. The molecule has 0 heterocycles. The van der Waals surface area contributed by atoms with Crippen molar-refractivity contribution in [3.63, 3.8) is 0 Å². The normalized spacial score (nSPS) is 9.38. The zero-order valence-corrected chi connectivity index (χ0v) is 7.83. The van der Waals surface area contributed by atoms with Crippen LogP contribution < -0.4 is 5.32 Å². The fraction of sp³-hybridized carbons (Fsp3) is 0.300. The highest BCUT2D eigenvalue weighted by atomic mass is 16.5. The molecule has 13 heavy (non-hydrogen) atoms. The van der Waals surface area contributed by atoms with Crippen LogP contribution in [0.1, 0.15) is 11.1 Å². The van der Waals surface area contributed by atoms with Gasteiger partial charge in [0.15, 0.2) is 0 Å². The van der Waals surface area contributed by atoms with Crippen LogP contribution in [0, 0.1) is 6.92 Å². The average Bonchev–Trinajstić information content (AvgIpc) is 2.16. The van der Waals surface area contributed by atoms with E-state index in [-0.39, 0.29) is 0 Å². The maximum Gasteiger partial charge on any atom is 0.407 e. The molecule has 0 radical (unpaired) electrons. The van der Waals surface area contributed by atoms with Gasteiger partial charge in [0.2, 0.25) is 0 Å². The van der Waals surface area contributed by atoms with Crippen molar-refractivity contribution in [1.82, 2.24) is 5.32 Å². The SMILES string of the molecule is CNC(=O)OCc1ccc(C)cc1. The molecular weight excluding hydrogens is 166 g/mol. The second kappa shape index (κ2) is 4.50. The lowest BCUT2D eigenvalue weighted by Crippen LogP contribution is -2.18. The average molecular weight is 179 g/mol. The number of carbonyl (C=O) groups excluding carboxylic acids is 1. The number of ether oxygens (including phenoxy) is 1. The number of aryl methyl sites for hydroxylation is 1. The minimum Gasteiger partial charge on any atom is -0.445 e. The number of alkyl carbamates (subject to hydrolysis) is 1. The molecular formula is C10H13NO2. The third kappa shape index (κ3) is 3.15. The van der Waals surface area contributed by atoms with Gasteiger partial charge in [0.25, 0.3) is 0 Å². The fourth-order valence-corrected chi connectivity index (χ4v) is 0.905. The molecule has 0 aliphatic heterocycles. The molecule has 1 aromatic carbocycles. The quantitative estimate of drug-likeness (QED) is 0.752. The van der Waals surface area contributed by atoms with E-state index >= 15 is 0 Å². The Labute approximate surface area is 77.7 Å². The lowest BCUT2D eigenvalue weighted by molar-refractivity contribution is 0.142. The first-order valence-electron chi connectivity index (χ1n) is 4.12. The Kier molecular flexibility index (Phi) is 3.31. The van der Waals surface area contributed by atoms with E-state index in [4.69, 9.17) is 4.74 Å². The second-order valence-corrected chi connectivity index (χ2v) is 2.81. The Morgan fingerprint density at radius 1 is 1.38 bits per heavy atom. The molecule has 0 aliphatic rings. The zero-order valence-electron chi connectivity index (χ0n) is 7.83. The van der Waals surface area contributed by atoms with E-state index in [0.717, 1.165) is 5.56 Å². The van der Waals surface area contributed by atoms with E-state index in [1.165, 1.54) is 12.6 Å². The van der Waals surface area contributed by atoms with Gasteiger partial charge in [-0.1, -0.05) is 29.8 Å². The Morgan fingerprint density at radius 3 is 2.54 bits per heavy atom. The molecule has 70 valence electrons. The molecule has 0 bridgehead atoms. The summed E-state index contributed by atoms with van der Waals surface area (Å²) in [6.07, 6.45) is -0.402. The number of rotatable bonds is 2. The van der Waals surface area contributed by atoms with E-state index in [1.54, 1.807) is 0 Å². The zero-order chi connectivity index (χ0) is 9.68. The summed E-state index contributed by atoms with van der Waals surface area (Å²) in [5, 5.41) is 2.39. The third-order valence-electron chi connectivity index (χ3n) is 1.69. The molecule has 0 spiro atoms. The smallest absolute Gasteiger partial charge is 0.407 e. The van der Waals surface area contributed by atoms with Crippen molar-refractivity contribution >= 4 is 6.09 Å². The first kappa shape index (κ1) is 9.58. The Balaban J connectivity index is 2.46. The molecule has 0 saturated heterocycles. The van der Waals surface area contributed by atoms with Crippen LogP contribution in [0.15, 0.2) is 24.3 Å². The Hall–Kier alpha value is -1.51. The van der Waals surface area contributed by atoms with E-state index in [1.807, 2.05) is 31.2 Å². The molecule has 1 N–H and O–H groups in total. The molecule has 1 amide bonds. The van der Waals surface area contributed by atoms with Crippen molar-refractivity contribution in [3.8, 4) is 0 Å². The number of benzene rings is 1. The van der Waals surface area contributed by atoms with Gasteiger partial charge in [0.1, 0.15) is 6.61 Å². The van der Waals surface area contributed by atoms with E-state index in [2.05, 4.69) is 5.32 Å². The Bertz CT molecular complexity index is 279. The highest BCUT2D eigenvalue weighted by Gasteiger charge is 1.97. The van der Waals surface area contributed by atoms with Crippen molar-refractivity contribution in [2.75, 3.05) is 7.05 Å². The maximum atomic E-state index is 10.7. The van der Waals surface area contributed by atoms with Gasteiger partial charge in [-0.3, -0.25) is 0 Å². The van der Waals surface area contributed by atoms with Crippen LogP contribution >= 0.6 is 0 Å². The molecule has 0 aliphatic carbocycles.